The van der Waals surface area contributed by atoms with Gasteiger partial charge in [0.1, 0.15) is 0 Å². The molecule has 208 valence electrons. The van der Waals surface area contributed by atoms with Crippen molar-refractivity contribution in [1.29, 1.82) is 0 Å². The van der Waals surface area contributed by atoms with Gasteiger partial charge in [0, 0.05) is 5.41 Å². The van der Waals surface area contributed by atoms with E-state index in [-0.39, 0.29) is 28.6 Å². The van der Waals surface area contributed by atoms with Crippen molar-refractivity contribution in [2.45, 2.75) is 131 Å². The average molecular weight is 525 g/mol. The van der Waals surface area contributed by atoms with Gasteiger partial charge in [0.25, 0.3) is 0 Å². The van der Waals surface area contributed by atoms with Gasteiger partial charge in [-0.1, -0.05) is 46.3 Å². The van der Waals surface area contributed by atoms with Crippen molar-refractivity contribution in [1.82, 2.24) is 0 Å². The third kappa shape index (κ3) is 3.80. The molecule has 0 aliphatic heterocycles. The third-order valence-corrected chi connectivity index (χ3v) is 14.8. The summed E-state index contributed by atoms with van der Waals surface area (Å²) in [5.41, 5.74) is 0.00307. The molecule has 9 atom stereocenters. The first kappa shape index (κ1) is 28.8. The predicted octanol–water partition coefficient (Wildman–Crippen LogP) is 7.04. The molecule has 5 nitrogen and oxygen atoms in total. The van der Waals surface area contributed by atoms with Gasteiger partial charge in [0.05, 0.1) is 5.60 Å². The number of allylic oxidation sites excluding steroid dienone is 2. The Bertz CT molecular complexity index is 947. The summed E-state index contributed by atoms with van der Waals surface area (Å²) in [6, 6.07) is 0. The molecule has 0 aromatic carbocycles. The van der Waals surface area contributed by atoms with E-state index in [4.69, 9.17) is 0 Å². The number of hydrogen-bond acceptors (Lipinski definition) is 3. The molecule has 0 amide bonds. The SMILES string of the molecule is CC(C)=CCC[C@](C)(O)[C@H]1CC[C@@]2(C)[C@H]1CC[C@@H]1[C@@]3(C)CCC(O)(P(=O)(O)O)C(C)(C)C3CC[C@]12C. The van der Waals surface area contributed by atoms with Crippen LogP contribution in [-0.2, 0) is 4.57 Å². The fraction of sp³-hybridized carbons (Fsp3) is 0.933. The van der Waals surface area contributed by atoms with Gasteiger partial charge in [-0.3, -0.25) is 4.57 Å². The quantitative estimate of drug-likeness (QED) is 0.228. The van der Waals surface area contributed by atoms with Crippen LogP contribution in [0.25, 0.3) is 0 Å². The van der Waals surface area contributed by atoms with E-state index in [1.165, 1.54) is 5.57 Å². The van der Waals surface area contributed by atoms with Crippen molar-refractivity contribution in [3.8, 4) is 0 Å². The highest BCUT2D eigenvalue weighted by Gasteiger charge is 2.73. The molecule has 0 heterocycles. The molecule has 4 rings (SSSR count). The topological polar surface area (TPSA) is 98.0 Å². The molecule has 6 heteroatoms. The van der Waals surface area contributed by atoms with Crippen molar-refractivity contribution in [2.24, 2.45) is 45.3 Å². The molecular formula is C30H53O5P. The van der Waals surface area contributed by atoms with Gasteiger partial charge in [-0.15, -0.1) is 0 Å². The van der Waals surface area contributed by atoms with Crippen LogP contribution < -0.4 is 0 Å². The summed E-state index contributed by atoms with van der Waals surface area (Å²) in [7, 11) is -4.67. The summed E-state index contributed by atoms with van der Waals surface area (Å²) >= 11 is 0. The molecule has 0 bridgehead atoms. The molecule has 0 aromatic rings. The van der Waals surface area contributed by atoms with E-state index in [0.29, 0.717) is 24.2 Å². The van der Waals surface area contributed by atoms with Crippen LogP contribution in [0, 0.1) is 45.3 Å². The van der Waals surface area contributed by atoms with Crippen LogP contribution in [0.4, 0.5) is 0 Å². The summed E-state index contributed by atoms with van der Waals surface area (Å²) in [6.45, 7) is 17.5. The number of hydrogen-bond donors (Lipinski definition) is 4. The van der Waals surface area contributed by atoms with Gasteiger partial charge in [-0.2, -0.15) is 0 Å². The Morgan fingerprint density at radius 1 is 0.917 bits per heavy atom. The van der Waals surface area contributed by atoms with Crippen molar-refractivity contribution >= 4 is 7.60 Å². The van der Waals surface area contributed by atoms with E-state index in [1.54, 1.807) is 0 Å². The molecule has 4 aliphatic carbocycles. The zero-order chi connectivity index (χ0) is 27.2. The summed E-state index contributed by atoms with van der Waals surface area (Å²) in [4.78, 5) is 20.4. The standard InChI is InChI=1S/C30H53O5P/c1-20(2)10-9-15-29(8,31)22-13-16-27(6)21(22)11-12-24-26(5)18-19-30(32,36(33,34)35)25(3,4)23(26)14-17-28(24,27)7/h10,21-24,31-32H,9,11-19H2,1-8H3,(H2,33,34,35)/t21-,22-,23?,24+,26-,27-,28+,29-,30?/m0/s1. The van der Waals surface area contributed by atoms with E-state index in [9.17, 15) is 24.6 Å². The molecule has 0 spiro atoms. The summed E-state index contributed by atoms with van der Waals surface area (Å²) in [6.07, 6.45) is 11.2. The second kappa shape index (κ2) is 8.65. The Hall–Kier alpha value is -0.190. The van der Waals surface area contributed by atoms with Crippen LogP contribution >= 0.6 is 7.60 Å². The monoisotopic (exact) mass is 524 g/mol. The Kier molecular flexibility index (Phi) is 6.93. The molecule has 4 fully saturated rings. The molecular weight excluding hydrogens is 471 g/mol. The van der Waals surface area contributed by atoms with Crippen molar-refractivity contribution in [3.63, 3.8) is 0 Å². The minimum absolute atomic E-state index is 0.0596. The lowest BCUT2D eigenvalue weighted by molar-refractivity contribution is -0.235. The van der Waals surface area contributed by atoms with Crippen LogP contribution in [0.15, 0.2) is 11.6 Å². The second-order valence-corrected chi connectivity index (χ2v) is 16.9. The number of fused-ring (bicyclic) bond motifs is 5. The lowest BCUT2D eigenvalue weighted by Crippen LogP contribution is -2.66. The first-order chi connectivity index (χ1) is 16.3. The summed E-state index contributed by atoms with van der Waals surface area (Å²) < 4.78 is 12.5. The molecule has 4 saturated carbocycles. The molecule has 36 heavy (non-hydrogen) atoms. The Balaban J connectivity index is 1.64. The van der Waals surface area contributed by atoms with Crippen molar-refractivity contribution in [3.05, 3.63) is 11.6 Å². The van der Waals surface area contributed by atoms with Crippen LogP contribution in [0.3, 0.4) is 0 Å². The molecule has 0 radical (unpaired) electrons. The summed E-state index contributed by atoms with van der Waals surface area (Å²) in [5, 5.41) is 21.1. The zero-order valence-electron chi connectivity index (χ0n) is 24.1. The second-order valence-electron chi connectivity index (χ2n) is 15.1. The minimum Gasteiger partial charge on any atom is -0.390 e. The maximum Gasteiger partial charge on any atom is 0.357 e. The lowest BCUT2D eigenvalue weighted by atomic mass is 9.35. The van der Waals surface area contributed by atoms with Crippen LogP contribution in [0.1, 0.15) is 120 Å². The van der Waals surface area contributed by atoms with Crippen molar-refractivity contribution < 1.29 is 24.6 Å². The summed E-state index contributed by atoms with van der Waals surface area (Å²) in [5.74, 6) is 1.35. The smallest absolute Gasteiger partial charge is 0.357 e. The fourth-order valence-electron chi connectivity index (χ4n) is 10.8. The first-order valence-corrected chi connectivity index (χ1v) is 16.0. The lowest BCUT2D eigenvalue weighted by Gasteiger charge is -2.71. The van der Waals surface area contributed by atoms with Gasteiger partial charge >= 0.3 is 7.60 Å². The largest absolute Gasteiger partial charge is 0.390 e. The van der Waals surface area contributed by atoms with E-state index in [2.05, 4.69) is 47.6 Å². The van der Waals surface area contributed by atoms with E-state index in [0.717, 1.165) is 51.4 Å². The van der Waals surface area contributed by atoms with Gasteiger partial charge in [0.15, 0.2) is 5.34 Å². The minimum atomic E-state index is -4.67. The molecule has 0 aromatic heterocycles. The van der Waals surface area contributed by atoms with Crippen molar-refractivity contribution in [2.75, 3.05) is 0 Å². The Morgan fingerprint density at radius 2 is 1.53 bits per heavy atom. The normalized spacial score (nSPS) is 47.8. The first-order valence-electron chi connectivity index (χ1n) is 14.4. The van der Waals surface area contributed by atoms with Gasteiger partial charge in [0.2, 0.25) is 0 Å². The van der Waals surface area contributed by atoms with E-state index >= 15 is 0 Å². The highest BCUT2D eigenvalue weighted by molar-refractivity contribution is 7.53. The van der Waals surface area contributed by atoms with Crippen LogP contribution in [0.5, 0.6) is 0 Å². The highest BCUT2D eigenvalue weighted by Crippen LogP contribution is 2.78. The van der Waals surface area contributed by atoms with Gasteiger partial charge < -0.3 is 20.0 Å². The Morgan fingerprint density at radius 3 is 2.11 bits per heavy atom. The van der Waals surface area contributed by atoms with Gasteiger partial charge in [-0.25, -0.2) is 0 Å². The average Bonchev–Trinajstić information content (AvgIpc) is 3.09. The fourth-order valence-corrected chi connectivity index (χ4v) is 12.1. The number of aliphatic hydroxyl groups is 2. The highest BCUT2D eigenvalue weighted by atomic mass is 31.2. The molecule has 4 N–H and O–H groups in total. The van der Waals surface area contributed by atoms with Gasteiger partial charge in [-0.05, 0) is 125 Å². The molecule has 4 aliphatic rings. The Labute approximate surface area is 219 Å². The molecule has 0 saturated heterocycles. The van der Waals surface area contributed by atoms with Crippen LogP contribution in [0.2, 0.25) is 0 Å². The maximum atomic E-state index is 12.5. The van der Waals surface area contributed by atoms with E-state index in [1.807, 2.05) is 13.8 Å². The zero-order valence-corrected chi connectivity index (χ0v) is 25.0. The third-order valence-electron chi connectivity index (χ3n) is 13.1. The number of rotatable bonds is 5. The molecule has 2 unspecified atom stereocenters. The van der Waals surface area contributed by atoms with E-state index < -0.39 is 24.0 Å². The maximum absolute atomic E-state index is 12.5. The predicted molar refractivity (Wildman–Crippen MR) is 145 cm³/mol. The van der Waals surface area contributed by atoms with Crippen LogP contribution in [-0.4, -0.2) is 30.9 Å².